The van der Waals surface area contributed by atoms with Gasteiger partial charge in [-0.05, 0) is 25.1 Å². The van der Waals surface area contributed by atoms with Crippen LogP contribution in [0.25, 0.3) is 0 Å². The lowest BCUT2D eigenvalue weighted by molar-refractivity contribution is 0.128. The van der Waals surface area contributed by atoms with Crippen LogP contribution < -0.4 is 5.73 Å². The van der Waals surface area contributed by atoms with Crippen molar-refractivity contribution in [2.75, 3.05) is 27.3 Å². The minimum absolute atomic E-state index is 0.112. The van der Waals surface area contributed by atoms with E-state index in [1.807, 2.05) is 12.3 Å². The second-order valence-electron chi connectivity index (χ2n) is 4.28. The van der Waals surface area contributed by atoms with Crippen LogP contribution in [0.3, 0.4) is 0 Å². The Labute approximate surface area is 104 Å². The molecule has 4 nitrogen and oxygen atoms in total. The van der Waals surface area contributed by atoms with Crippen LogP contribution in [-0.2, 0) is 4.74 Å². The second kappa shape index (κ2) is 7.37. The monoisotopic (exact) mass is 237 g/mol. The van der Waals surface area contributed by atoms with Crippen molar-refractivity contribution in [1.82, 2.24) is 9.88 Å². The van der Waals surface area contributed by atoms with Gasteiger partial charge >= 0.3 is 0 Å². The predicted octanol–water partition coefficient (Wildman–Crippen LogP) is 1.44. The summed E-state index contributed by atoms with van der Waals surface area (Å²) in [6.45, 7) is 3.69. The smallest absolute Gasteiger partial charge is 0.0589 e. The van der Waals surface area contributed by atoms with Crippen molar-refractivity contribution in [3.63, 3.8) is 0 Å². The van der Waals surface area contributed by atoms with Gasteiger partial charge in [-0.3, -0.25) is 9.88 Å². The first-order valence-corrected chi connectivity index (χ1v) is 6.05. The largest absolute Gasteiger partial charge is 0.383 e. The number of hydrogen-bond acceptors (Lipinski definition) is 4. The highest BCUT2D eigenvalue weighted by molar-refractivity contribution is 5.16. The molecule has 4 heteroatoms. The van der Waals surface area contributed by atoms with Gasteiger partial charge in [-0.2, -0.15) is 0 Å². The Morgan fingerprint density at radius 2 is 2.29 bits per heavy atom. The lowest BCUT2D eigenvalue weighted by Gasteiger charge is -2.32. The second-order valence-corrected chi connectivity index (χ2v) is 4.28. The fraction of sp³-hybridized carbons (Fsp3) is 0.615. The highest BCUT2D eigenvalue weighted by Crippen LogP contribution is 2.22. The van der Waals surface area contributed by atoms with E-state index in [-0.39, 0.29) is 12.1 Å². The quantitative estimate of drug-likeness (QED) is 0.779. The van der Waals surface area contributed by atoms with Crippen molar-refractivity contribution in [3.05, 3.63) is 30.1 Å². The first-order valence-electron chi connectivity index (χ1n) is 6.05. The summed E-state index contributed by atoms with van der Waals surface area (Å²) >= 11 is 0. The Bertz CT molecular complexity index is 305. The molecule has 2 atom stereocenters. The molecule has 1 heterocycles. The maximum atomic E-state index is 6.21. The van der Waals surface area contributed by atoms with E-state index < -0.39 is 0 Å². The number of nitrogens with two attached hydrogens (primary N) is 1. The van der Waals surface area contributed by atoms with E-state index in [1.54, 1.807) is 13.3 Å². The van der Waals surface area contributed by atoms with Gasteiger partial charge in [0.15, 0.2) is 0 Å². The predicted molar refractivity (Wildman–Crippen MR) is 69.8 cm³/mol. The SMILES string of the molecule is CCC(N)C(c1cccnc1)N(C)CCOC. The van der Waals surface area contributed by atoms with Gasteiger partial charge in [-0.15, -0.1) is 0 Å². The van der Waals surface area contributed by atoms with Crippen LogP contribution in [0, 0.1) is 0 Å². The molecule has 0 bridgehead atoms. The minimum atomic E-state index is 0.112. The van der Waals surface area contributed by atoms with E-state index >= 15 is 0 Å². The van der Waals surface area contributed by atoms with Crippen LogP contribution in [0.1, 0.15) is 24.9 Å². The molecule has 2 unspecified atom stereocenters. The van der Waals surface area contributed by atoms with Crippen LogP contribution in [0.2, 0.25) is 0 Å². The molecule has 2 N–H and O–H groups in total. The van der Waals surface area contributed by atoms with Gasteiger partial charge in [0.1, 0.15) is 0 Å². The average molecular weight is 237 g/mol. The fourth-order valence-corrected chi connectivity index (χ4v) is 1.98. The molecule has 0 saturated carbocycles. The summed E-state index contributed by atoms with van der Waals surface area (Å²) in [6, 6.07) is 4.34. The van der Waals surface area contributed by atoms with E-state index in [9.17, 15) is 0 Å². The van der Waals surface area contributed by atoms with E-state index in [4.69, 9.17) is 10.5 Å². The van der Waals surface area contributed by atoms with E-state index in [0.29, 0.717) is 6.61 Å². The van der Waals surface area contributed by atoms with Gasteiger partial charge in [-0.25, -0.2) is 0 Å². The summed E-state index contributed by atoms with van der Waals surface area (Å²) in [5, 5.41) is 0. The van der Waals surface area contributed by atoms with Gasteiger partial charge in [0, 0.05) is 32.1 Å². The molecule has 0 aliphatic heterocycles. The maximum absolute atomic E-state index is 6.21. The Morgan fingerprint density at radius 1 is 1.53 bits per heavy atom. The van der Waals surface area contributed by atoms with Crippen LogP contribution in [-0.4, -0.2) is 43.2 Å². The van der Waals surface area contributed by atoms with Gasteiger partial charge < -0.3 is 10.5 Å². The number of pyridine rings is 1. The third-order valence-electron chi connectivity index (χ3n) is 3.03. The summed E-state index contributed by atoms with van der Waals surface area (Å²) < 4.78 is 5.11. The molecule has 1 aromatic rings. The molecule has 0 aliphatic rings. The van der Waals surface area contributed by atoms with Crippen LogP contribution in [0.15, 0.2) is 24.5 Å². The third-order valence-corrected chi connectivity index (χ3v) is 3.03. The number of ether oxygens (including phenoxy) is 1. The molecule has 0 amide bonds. The van der Waals surface area contributed by atoms with E-state index in [2.05, 4.69) is 29.9 Å². The van der Waals surface area contributed by atoms with Gasteiger partial charge in [0.05, 0.1) is 12.6 Å². The molecule has 1 rings (SSSR count). The Hall–Kier alpha value is -0.970. The van der Waals surface area contributed by atoms with E-state index in [1.165, 1.54) is 5.56 Å². The molecule has 17 heavy (non-hydrogen) atoms. The number of aromatic nitrogens is 1. The molecule has 96 valence electrons. The average Bonchev–Trinajstić information content (AvgIpc) is 2.37. The van der Waals surface area contributed by atoms with Crippen molar-refractivity contribution in [2.45, 2.75) is 25.4 Å². The number of likely N-dealkylation sites (N-methyl/N-ethyl adjacent to an activating group) is 1. The van der Waals surface area contributed by atoms with Crippen molar-refractivity contribution in [1.29, 1.82) is 0 Å². The molecule has 0 spiro atoms. The number of nitrogens with zero attached hydrogens (tertiary/aromatic N) is 2. The lowest BCUT2D eigenvalue weighted by atomic mass is 9.98. The highest BCUT2D eigenvalue weighted by Gasteiger charge is 2.22. The fourth-order valence-electron chi connectivity index (χ4n) is 1.98. The third kappa shape index (κ3) is 4.07. The topological polar surface area (TPSA) is 51.4 Å². The van der Waals surface area contributed by atoms with Crippen molar-refractivity contribution in [2.24, 2.45) is 5.73 Å². The van der Waals surface area contributed by atoms with Crippen LogP contribution in [0.5, 0.6) is 0 Å². The summed E-state index contributed by atoms with van der Waals surface area (Å²) in [6.07, 6.45) is 4.62. The first kappa shape index (κ1) is 14.1. The van der Waals surface area contributed by atoms with Gasteiger partial charge in [0.25, 0.3) is 0 Å². The van der Waals surface area contributed by atoms with Crippen LogP contribution >= 0.6 is 0 Å². The summed E-state index contributed by atoms with van der Waals surface area (Å²) in [7, 11) is 3.79. The van der Waals surface area contributed by atoms with Crippen molar-refractivity contribution < 1.29 is 4.74 Å². The molecule has 0 radical (unpaired) electrons. The normalized spacial score (nSPS) is 14.9. The summed E-state index contributed by atoms with van der Waals surface area (Å²) in [5.41, 5.74) is 7.38. The Morgan fingerprint density at radius 3 is 2.82 bits per heavy atom. The lowest BCUT2D eigenvalue weighted by Crippen LogP contribution is -2.40. The minimum Gasteiger partial charge on any atom is -0.383 e. The van der Waals surface area contributed by atoms with Crippen molar-refractivity contribution >= 4 is 0 Å². The number of methoxy groups -OCH3 is 1. The van der Waals surface area contributed by atoms with Gasteiger partial charge in [0.2, 0.25) is 0 Å². The van der Waals surface area contributed by atoms with E-state index in [0.717, 1.165) is 13.0 Å². The zero-order valence-corrected chi connectivity index (χ0v) is 11.0. The standard InChI is InChI=1S/C13H23N3O/c1-4-12(14)13(16(2)8-9-17-3)11-6-5-7-15-10-11/h5-7,10,12-13H,4,8-9,14H2,1-3H3. The zero-order valence-electron chi connectivity index (χ0n) is 11.0. The molecule has 0 fully saturated rings. The molecule has 0 aromatic carbocycles. The summed E-state index contributed by atoms with van der Waals surface area (Å²) in [5.74, 6) is 0. The molecule has 1 aromatic heterocycles. The Kier molecular flexibility index (Phi) is 6.11. The number of rotatable bonds is 7. The zero-order chi connectivity index (χ0) is 12.7. The molecule has 0 saturated heterocycles. The Balaban J connectivity index is 2.80. The van der Waals surface area contributed by atoms with Crippen LogP contribution in [0.4, 0.5) is 0 Å². The van der Waals surface area contributed by atoms with Crippen molar-refractivity contribution in [3.8, 4) is 0 Å². The highest BCUT2D eigenvalue weighted by atomic mass is 16.5. The molecule has 0 aliphatic carbocycles. The first-order chi connectivity index (χ1) is 8.20. The maximum Gasteiger partial charge on any atom is 0.0589 e. The summed E-state index contributed by atoms with van der Waals surface area (Å²) in [4.78, 5) is 6.40. The van der Waals surface area contributed by atoms with Gasteiger partial charge in [-0.1, -0.05) is 13.0 Å². The number of hydrogen-bond donors (Lipinski definition) is 1. The molecular formula is C13H23N3O. The molecular weight excluding hydrogens is 214 g/mol.